The summed E-state index contributed by atoms with van der Waals surface area (Å²) in [5.74, 6) is 0.921. The Bertz CT molecular complexity index is 1380. The van der Waals surface area contributed by atoms with Crippen molar-refractivity contribution in [1.82, 2.24) is 19.4 Å². The van der Waals surface area contributed by atoms with Crippen LogP contribution in [0.1, 0.15) is 30.9 Å². The van der Waals surface area contributed by atoms with Gasteiger partial charge in [0.2, 0.25) is 5.91 Å². The highest BCUT2D eigenvalue weighted by atomic mass is 32.2. The van der Waals surface area contributed by atoms with Crippen molar-refractivity contribution in [3.63, 3.8) is 0 Å². The molecule has 1 fully saturated rings. The summed E-state index contributed by atoms with van der Waals surface area (Å²) >= 11 is 2.74. The van der Waals surface area contributed by atoms with E-state index >= 15 is 0 Å². The summed E-state index contributed by atoms with van der Waals surface area (Å²) in [6.07, 6.45) is 3.95. The van der Waals surface area contributed by atoms with Crippen LogP contribution in [0, 0.1) is 12.8 Å². The molecule has 0 aliphatic carbocycles. The van der Waals surface area contributed by atoms with E-state index in [0.29, 0.717) is 27.8 Å². The van der Waals surface area contributed by atoms with Gasteiger partial charge in [-0.2, -0.15) is 0 Å². The number of nitrogens with zero attached hydrogens (tertiary/aromatic N) is 4. The van der Waals surface area contributed by atoms with Crippen LogP contribution in [0.15, 0.2) is 52.5 Å². The highest BCUT2D eigenvalue weighted by Crippen LogP contribution is 2.31. The average molecular weight is 479 g/mol. The molecule has 0 spiro atoms. The van der Waals surface area contributed by atoms with Crippen LogP contribution in [0.4, 0.5) is 0 Å². The summed E-state index contributed by atoms with van der Waals surface area (Å²) in [6, 6.07) is 12.0. The fraction of sp³-hybridized carbons (Fsp3) is 0.360. The molecule has 1 aliphatic heterocycles. The van der Waals surface area contributed by atoms with Gasteiger partial charge in [0.25, 0.3) is 5.56 Å². The van der Waals surface area contributed by atoms with E-state index in [0.717, 1.165) is 35.3 Å². The van der Waals surface area contributed by atoms with Gasteiger partial charge >= 0.3 is 0 Å². The molecule has 0 unspecified atom stereocenters. The van der Waals surface area contributed by atoms with Gasteiger partial charge in [-0.1, -0.05) is 48.5 Å². The van der Waals surface area contributed by atoms with Crippen LogP contribution in [0.2, 0.25) is 0 Å². The number of amides is 1. The molecular formula is C25H26N4O2S2. The van der Waals surface area contributed by atoms with E-state index in [-0.39, 0.29) is 17.2 Å². The fourth-order valence-corrected chi connectivity index (χ4v) is 6.23. The van der Waals surface area contributed by atoms with Crippen molar-refractivity contribution >= 4 is 49.4 Å². The number of hydrogen-bond donors (Lipinski definition) is 0. The lowest BCUT2D eigenvalue weighted by molar-refractivity contribution is -0.130. The van der Waals surface area contributed by atoms with Crippen molar-refractivity contribution in [3.8, 4) is 0 Å². The molecule has 170 valence electrons. The second kappa shape index (κ2) is 9.27. The Hall–Kier alpha value is -2.71. The van der Waals surface area contributed by atoms with Crippen molar-refractivity contribution in [1.29, 1.82) is 0 Å². The minimum atomic E-state index is -0.0786. The number of thiophene rings is 1. The lowest BCUT2D eigenvalue weighted by Crippen LogP contribution is -2.40. The Labute approximate surface area is 200 Å². The molecule has 0 saturated carbocycles. The zero-order valence-corrected chi connectivity index (χ0v) is 20.4. The van der Waals surface area contributed by atoms with Gasteiger partial charge in [-0.25, -0.2) is 9.97 Å². The Morgan fingerprint density at radius 1 is 1.24 bits per heavy atom. The van der Waals surface area contributed by atoms with Crippen LogP contribution < -0.4 is 5.56 Å². The maximum absolute atomic E-state index is 13.6. The summed E-state index contributed by atoms with van der Waals surface area (Å²) in [5.41, 5.74) is 2.80. The van der Waals surface area contributed by atoms with E-state index in [2.05, 4.69) is 11.9 Å². The molecule has 1 atom stereocenters. The molecule has 5 rings (SSSR count). The van der Waals surface area contributed by atoms with Gasteiger partial charge < -0.3 is 4.90 Å². The molecule has 0 radical (unpaired) electrons. The second-order valence-electron chi connectivity index (χ2n) is 8.78. The number of carbonyl (C=O) groups is 1. The van der Waals surface area contributed by atoms with E-state index in [1.54, 1.807) is 10.8 Å². The number of piperidine rings is 1. The number of hydrogen-bond acceptors (Lipinski definition) is 6. The molecule has 8 heteroatoms. The zero-order chi connectivity index (χ0) is 22.9. The zero-order valence-electron chi connectivity index (χ0n) is 18.8. The molecule has 6 nitrogen and oxygen atoms in total. The number of rotatable bonds is 5. The summed E-state index contributed by atoms with van der Waals surface area (Å²) in [6.45, 7) is 6.27. The topological polar surface area (TPSA) is 68.1 Å². The van der Waals surface area contributed by atoms with Crippen LogP contribution in [0.25, 0.3) is 20.4 Å². The summed E-state index contributed by atoms with van der Waals surface area (Å²) in [4.78, 5) is 38.6. The van der Waals surface area contributed by atoms with Gasteiger partial charge in [-0.15, -0.1) is 11.3 Å². The number of thioether (sulfide) groups is 1. The van der Waals surface area contributed by atoms with Crippen LogP contribution in [0.3, 0.4) is 0 Å². The number of carbonyl (C=O) groups excluding carboxylic acids is 1. The minimum Gasteiger partial charge on any atom is -0.342 e. The predicted octanol–water partition coefficient (Wildman–Crippen LogP) is 4.71. The number of pyridine rings is 1. The van der Waals surface area contributed by atoms with Gasteiger partial charge in [-0.3, -0.25) is 14.2 Å². The van der Waals surface area contributed by atoms with Gasteiger partial charge in [0.05, 0.1) is 17.8 Å². The molecule has 1 amide bonds. The smallest absolute Gasteiger partial charge is 0.272 e. The Morgan fingerprint density at radius 3 is 2.85 bits per heavy atom. The standard InChI is InChI=1S/C25H26N4O2S2/c1-16-7-9-18(10-8-16)14-29-24(31)22-21(19-6-3-11-26-23(19)33-22)27-25(29)32-15-20(30)28-12-4-5-17(2)13-28/h3,6-11,17H,4-5,12-15H2,1-2H3/t17-/m1/s1. The largest absolute Gasteiger partial charge is 0.342 e. The van der Waals surface area contributed by atoms with Crippen LogP contribution in [-0.4, -0.2) is 44.2 Å². The predicted molar refractivity (Wildman–Crippen MR) is 135 cm³/mol. The highest BCUT2D eigenvalue weighted by molar-refractivity contribution is 7.99. The first-order valence-electron chi connectivity index (χ1n) is 11.2. The number of benzene rings is 1. The first-order valence-corrected chi connectivity index (χ1v) is 13.0. The third kappa shape index (κ3) is 4.54. The molecule has 4 aromatic rings. The van der Waals surface area contributed by atoms with Crippen molar-refractivity contribution in [2.75, 3.05) is 18.8 Å². The molecule has 4 heterocycles. The van der Waals surface area contributed by atoms with E-state index in [4.69, 9.17) is 4.98 Å². The fourth-order valence-electron chi connectivity index (χ4n) is 4.30. The van der Waals surface area contributed by atoms with E-state index in [1.165, 1.54) is 35.1 Å². The van der Waals surface area contributed by atoms with E-state index in [1.807, 2.05) is 48.2 Å². The van der Waals surface area contributed by atoms with Gasteiger partial charge in [-0.05, 0) is 43.4 Å². The number of likely N-dealkylation sites (tertiary alicyclic amines) is 1. The van der Waals surface area contributed by atoms with Crippen molar-refractivity contribution in [3.05, 3.63) is 64.1 Å². The first-order chi connectivity index (χ1) is 16.0. The Kier molecular flexibility index (Phi) is 6.21. The maximum Gasteiger partial charge on any atom is 0.272 e. The summed E-state index contributed by atoms with van der Waals surface area (Å²) in [5, 5.41) is 1.46. The number of aryl methyl sites for hydroxylation is 1. The Morgan fingerprint density at radius 2 is 2.06 bits per heavy atom. The Balaban J connectivity index is 1.52. The molecular weight excluding hydrogens is 452 g/mol. The third-order valence-corrected chi connectivity index (χ3v) is 8.17. The molecule has 33 heavy (non-hydrogen) atoms. The van der Waals surface area contributed by atoms with Crippen LogP contribution in [0.5, 0.6) is 0 Å². The molecule has 0 bridgehead atoms. The normalized spacial score (nSPS) is 16.5. The van der Waals surface area contributed by atoms with Crippen molar-refractivity contribution < 1.29 is 4.79 Å². The average Bonchev–Trinajstić information content (AvgIpc) is 3.20. The minimum absolute atomic E-state index is 0.0786. The van der Waals surface area contributed by atoms with Crippen molar-refractivity contribution in [2.45, 2.75) is 38.4 Å². The molecule has 3 aromatic heterocycles. The molecule has 1 aliphatic rings. The lowest BCUT2D eigenvalue weighted by Gasteiger charge is -2.30. The van der Waals surface area contributed by atoms with Gasteiger partial charge in [0.1, 0.15) is 9.53 Å². The van der Waals surface area contributed by atoms with E-state index < -0.39 is 0 Å². The van der Waals surface area contributed by atoms with Gasteiger partial charge in [0, 0.05) is 24.7 Å². The second-order valence-corrected chi connectivity index (χ2v) is 10.7. The number of fused-ring (bicyclic) bond motifs is 3. The van der Waals surface area contributed by atoms with Crippen molar-refractivity contribution in [2.24, 2.45) is 5.92 Å². The SMILES string of the molecule is Cc1ccc(Cn2c(SCC(=O)N3CCC[C@@H](C)C3)nc3c(sc4ncccc43)c2=O)cc1. The monoisotopic (exact) mass is 478 g/mol. The third-order valence-electron chi connectivity index (χ3n) is 6.11. The first kappa shape index (κ1) is 22.1. The molecule has 1 saturated heterocycles. The quantitative estimate of drug-likeness (QED) is 0.307. The summed E-state index contributed by atoms with van der Waals surface area (Å²) in [7, 11) is 0. The van der Waals surface area contributed by atoms with Crippen LogP contribution >= 0.6 is 23.1 Å². The van der Waals surface area contributed by atoms with E-state index in [9.17, 15) is 9.59 Å². The molecule has 1 aromatic carbocycles. The highest BCUT2D eigenvalue weighted by Gasteiger charge is 2.23. The maximum atomic E-state index is 13.6. The summed E-state index contributed by atoms with van der Waals surface area (Å²) < 4.78 is 2.32. The number of aromatic nitrogens is 3. The van der Waals surface area contributed by atoms with Gasteiger partial charge in [0.15, 0.2) is 5.16 Å². The lowest BCUT2D eigenvalue weighted by atomic mass is 10.0. The van der Waals surface area contributed by atoms with Crippen LogP contribution in [-0.2, 0) is 11.3 Å². The molecule has 0 N–H and O–H groups in total.